The molecule has 0 aromatic heterocycles. The molecular weight excluding hydrogens is 298 g/mol. The average molecular weight is 315 g/mol. The van der Waals surface area contributed by atoms with Crippen LogP contribution in [-0.4, -0.2) is 17.5 Å². The second-order valence-corrected chi connectivity index (χ2v) is 5.10. The van der Waals surface area contributed by atoms with Gasteiger partial charge in [0.1, 0.15) is 11.5 Å². The van der Waals surface area contributed by atoms with Crippen molar-refractivity contribution in [2.45, 2.75) is 20.3 Å². The Hall–Kier alpha value is -2.89. The van der Waals surface area contributed by atoms with E-state index in [1.165, 1.54) is 24.3 Å². The van der Waals surface area contributed by atoms with Crippen molar-refractivity contribution in [2.75, 3.05) is 6.61 Å². The van der Waals surface area contributed by atoms with Crippen LogP contribution in [0, 0.1) is 24.0 Å². The van der Waals surface area contributed by atoms with Gasteiger partial charge in [0, 0.05) is 6.07 Å². The van der Waals surface area contributed by atoms with E-state index in [2.05, 4.69) is 0 Å². The van der Waals surface area contributed by atoms with Crippen molar-refractivity contribution >= 4 is 11.7 Å². The Kier molecular flexibility index (Phi) is 5.30. The summed E-state index contributed by atoms with van der Waals surface area (Å²) in [6.45, 7) is 4.07. The van der Waals surface area contributed by atoms with Crippen LogP contribution in [0.5, 0.6) is 11.5 Å². The van der Waals surface area contributed by atoms with E-state index in [-0.39, 0.29) is 24.5 Å². The van der Waals surface area contributed by atoms with E-state index < -0.39 is 10.9 Å². The lowest BCUT2D eigenvalue weighted by Crippen LogP contribution is -2.13. The largest absolute Gasteiger partial charge is 0.493 e. The van der Waals surface area contributed by atoms with Gasteiger partial charge in [-0.05, 0) is 37.1 Å². The van der Waals surface area contributed by atoms with E-state index in [4.69, 9.17) is 9.47 Å². The van der Waals surface area contributed by atoms with Crippen molar-refractivity contribution in [3.63, 3.8) is 0 Å². The van der Waals surface area contributed by atoms with Crippen LogP contribution in [0.2, 0.25) is 0 Å². The highest BCUT2D eigenvalue weighted by atomic mass is 16.6. The molecule has 2 aromatic rings. The maximum Gasteiger partial charge on any atom is 0.314 e. The first-order valence-electron chi connectivity index (χ1n) is 7.11. The van der Waals surface area contributed by atoms with Crippen LogP contribution in [-0.2, 0) is 4.79 Å². The number of aryl methyl sites for hydroxylation is 2. The first-order valence-corrected chi connectivity index (χ1v) is 7.11. The molecule has 0 fully saturated rings. The maximum absolute atomic E-state index is 11.8. The molecule has 6 nitrogen and oxygen atoms in total. The highest BCUT2D eigenvalue weighted by molar-refractivity contribution is 5.72. The summed E-state index contributed by atoms with van der Waals surface area (Å²) in [6, 6.07) is 11.3. The van der Waals surface area contributed by atoms with Crippen molar-refractivity contribution in [2.24, 2.45) is 0 Å². The minimum Gasteiger partial charge on any atom is -0.493 e. The predicted molar refractivity (Wildman–Crippen MR) is 84.8 cm³/mol. The first kappa shape index (κ1) is 16.5. The molecule has 0 N–H and O–H groups in total. The number of carbonyl (C=O) groups is 1. The van der Waals surface area contributed by atoms with Gasteiger partial charge >= 0.3 is 5.97 Å². The molecule has 2 aromatic carbocycles. The number of ether oxygens (including phenoxy) is 2. The van der Waals surface area contributed by atoms with Gasteiger partial charge in [0.15, 0.2) is 0 Å². The van der Waals surface area contributed by atoms with E-state index in [9.17, 15) is 14.9 Å². The summed E-state index contributed by atoms with van der Waals surface area (Å²) in [5.41, 5.74) is 1.94. The molecule has 0 aliphatic carbocycles. The lowest BCUT2D eigenvalue weighted by Gasteiger charge is -2.09. The zero-order valence-corrected chi connectivity index (χ0v) is 12.9. The fraction of sp³-hybridized carbons (Fsp3) is 0.235. The molecule has 23 heavy (non-hydrogen) atoms. The molecule has 0 saturated carbocycles. The highest BCUT2D eigenvalue weighted by Gasteiger charge is 2.10. The third-order valence-electron chi connectivity index (χ3n) is 3.17. The van der Waals surface area contributed by atoms with E-state index in [1.54, 1.807) is 0 Å². The molecule has 0 atom stereocenters. The molecule has 0 heterocycles. The quantitative estimate of drug-likeness (QED) is 0.352. The van der Waals surface area contributed by atoms with Gasteiger partial charge in [-0.2, -0.15) is 0 Å². The molecule has 0 bridgehead atoms. The standard InChI is InChI=1S/C17H17NO5/c1-12-6-7-13(2)16(10-12)22-9-8-17(19)23-15-5-3-4-14(11-15)18(20)21/h3-7,10-11H,8-9H2,1-2H3. The van der Waals surface area contributed by atoms with Gasteiger partial charge in [0.2, 0.25) is 0 Å². The number of nitrogens with zero attached hydrogens (tertiary/aromatic N) is 1. The van der Waals surface area contributed by atoms with Gasteiger partial charge in [-0.1, -0.05) is 18.2 Å². The predicted octanol–water partition coefficient (Wildman–Crippen LogP) is 3.59. The number of non-ortho nitro benzene ring substituents is 1. The van der Waals surface area contributed by atoms with Crippen LogP contribution in [0.3, 0.4) is 0 Å². The van der Waals surface area contributed by atoms with Crippen molar-refractivity contribution < 1.29 is 19.2 Å². The fourth-order valence-corrected chi connectivity index (χ4v) is 1.95. The number of esters is 1. The Morgan fingerprint density at radius 1 is 1.17 bits per heavy atom. The summed E-state index contributed by atoms with van der Waals surface area (Å²) < 4.78 is 10.7. The van der Waals surface area contributed by atoms with Crippen molar-refractivity contribution in [3.05, 3.63) is 63.7 Å². The van der Waals surface area contributed by atoms with E-state index in [0.717, 1.165) is 16.9 Å². The third-order valence-corrected chi connectivity index (χ3v) is 3.17. The second-order valence-electron chi connectivity index (χ2n) is 5.10. The number of hydrogen-bond acceptors (Lipinski definition) is 5. The van der Waals surface area contributed by atoms with Gasteiger partial charge in [0.25, 0.3) is 5.69 Å². The molecule has 0 amide bonds. The number of benzene rings is 2. The van der Waals surface area contributed by atoms with E-state index in [0.29, 0.717) is 0 Å². The van der Waals surface area contributed by atoms with Crippen LogP contribution in [0.25, 0.3) is 0 Å². The van der Waals surface area contributed by atoms with Crippen molar-refractivity contribution in [1.82, 2.24) is 0 Å². The summed E-state index contributed by atoms with van der Waals surface area (Å²) >= 11 is 0. The van der Waals surface area contributed by atoms with Crippen LogP contribution in [0.1, 0.15) is 17.5 Å². The Morgan fingerprint density at radius 2 is 1.96 bits per heavy atom. The molecule has 0 unspecified atom stereocenters. The van der Waals surface area contributed by atoms with Gasteiger partial charge < -0.3 is 9.47 Å². The smallest absolute Gasteiger partial charge is 0.314 e. The SMILES string of the molecule is Cc1ccc(C)c(OCCC(=O)Oc2cccc([N+](=O)[O-])c2)c1. The number of rotatable bonds is 6. The minimum atomic E-state index is -0.541. The molecule has 0 radical (unpaired) electrons. The van der Waals surface area contributed by atoms with Crippen molar-refractivity contribution in [1.29, 1.82) is 0 Å². The van der Waals surface area contributed by atoms with Crippen LogP contribution >= 0.6 is 0 Å². The lowest BCUT2D eigenvalue weighted by atomic mass is 10.1. The zero-order chi connectivity index (χ0) is 16.8. The monoisotopic (exact) mass is 315 g/mol. The van der Waals surface area contributed by atoms with Crippen LogP contribution < -0.4 is 9.47 Å². The Labute approximate surface area is 133 Å². The summed E-state index contributed by atoms with van der Waals surface area (Å²) in [5.74, 6) is 0.375. The van der Waals surface area contributed by atoms with Crippen LogP contribution in [0.15, 0.2) is 42.5 Å². The highest BCUT2D eigenvalue weighted by Crippen LogP contribution is 2.21. The summed E-state index contributed by atoms with van der Waals surface area (Å²) in [5, 5.41) is 10.7. The Balaban J connectivity index is 1.87. The Bertz CT molecular complexity index is 727. The first-order chi connectivity index (χ1) is 11.0. The summed E-state index contributed by atoms with van der Waals surface area (Å²) in [4.78, 5) is 21.9. The molecule has 2 rings (SSSR count). The van der Waals surface area contributed by atoms with Crippen LogP contribution in [0.4, 0.5) is 5.69 Å². The molecule has 6 heteroatoms. The second kappa shape index (κ2) is 7.40. The van der Waals surface area contributed by atoms with Gasteiger partial charge in [-0.15, -0.1) is 0 Å². The minimum absolute atomic E-state index is 0.0517. The molecule has 0 saturated heterocycles. The summed E-state index contributed by atoms with van der Waals surface area (Å²) in [7, 11) is 0. The normalized spacial score (nSPS) is 10.2. The Morgan fingerprint density at radius 3 is 2.70 bits per heavy atom. The molecule has 0 aliphatic rings. The third kappa shape index (κ3) is 4.81. The molecule has 0 spiro atoms. The number of nitro benzene ring substituents is 1. The van der Waals surface area contributed by atoms with E-state index in [1.807, 2.05) is 32.0 Å². The molecule has 0 aliphatic heterocycles. The molecular formula is C17H17NO5. The number of nitro groups is 1. The summed E-state index contributed by atoms with van der Waals surface area (Å²) in [6.07, 6.45) is 0.0517. The average Bonchev–Trinajstić information content (AvgIpc) is 2.51. The fourth-order valence-electron chi connectivity index (χ4n) is 1.95. The lowest BCUT2D eigenvalue weighted by molar-refractivity contribution is -0.384. The van der Waals surface area contributed by atoms with Gasteiger partial charge in [0.05, 0.1) is 24.0 Å². The van der Waals surface area contributed by atoms with Crippen molar-refractivity contribution in [3.8, 4) is 11.5 Å². The number of carbonyl (C=O) groups excluding carboxylic acids is 1. The molecule has 120 valence electrons. The topological polar surface area (TPSA) is 78.7 Å². The van der Waals surface area contributed by atoms with Gasteiger partial charge in [-0.3, -0.25) is 14.9 Å². The maximum atomic E-state index is 11.8. The zero-order valence-electron chi connectivity index (χ0n) is 12.9. The number of hydrogen-bond donors (Lipinski definition) is 0. The van der Waals surface area contributed by atoms with Gasteiger partial charge in [-0.25, -0.2) is 0 Å². The van der Waals surface area contributed by atoms with E-state index >= 15 is 0 Å².